The Kier molecular flexibility index (Phi) is 2.87. The van der Waals surface area contributed by atoms with Gasteiger partial charge in [-0.2, -0.15) is 0 Å². The first-order chi connectivity index (χ1) is 5.65. The average molecular weight is 167 g/mol. The lowest BCUT2D eigenvalue weighted by atomic mass is 10.2. The van der Waals surface area contributed by atoms with Gasteiger partial charge in [0.2, 0.25) is 0 Å². The van der Waals surface area contributed by atoms with Crippen molar-refractivity contribution in [2.24, 2.45) is 5.73 Å². The first-order valence-corrected chi connectivity index (χ1v) is 4.46. The van der Waals surface area contributed by atoms with Crippen LogP contribution in [0, 0.1) is 6.92 Å². The molecule has 0 radical (unpaired) electrons. The summed E-state index contributed by atoms with van der Waals surface area (Å²) in [6.45, 7) is 6.12. The van der Waals surface area contributed by atoms with Crippen LogP contribution in [-0.2, 0) is 6.42 Å². The number of nitrogens with one attached hydrogen (secondary N) is 1. The predicted octanol–water partition coefficient (Wildman–Crippen LogP) is 1.69. The first kappa shape index (κ1) is 9.26. The highest BCUT2D eigenvalue weighted by Gasteiger charge is 2.08. The van der Waals surface area contributed by atoms with Crippen molar-refractivity contribution in [1.82, 2.24) is 9.97 Å². The third-order valence-corrected chi connectivity index (χ3v) is 1.89. The van der Waals surface area contributed by atoms with Crippen LogP contribution >= 0.6 is 0 Å². The van der Waals surface area contributed by atoms with Crippen molar-refractivity contribution >= 4 is 0 Å². The molecular formula is C9H17N3. The van der Waals surface area contributed by atoms with E-state index in [1.165, 1.54) is 0 Å². The van der Waals surface area contributed by atoms with E-state index in [2.05, 4.69) is 16.9 Å². The summed E-state index contributed by atoms with van der Waals surface area (Å²) in [6.07, 6.45) is 2.12. The Morgan fingerprint density at radius 1 is 1.58 bits per heavy atom. The fourth-order valence-corrected chi connectivity index (χ4v) is 1.34. The zero-order valence-corrected chi connectivity index (χ0v) is 8.02. The molecule has 1 unspecified atom stereocenters. The summed E-state index contributed by atoms with van der Waals surface area (Å²) in [6, 6.07) is 0.0341. The van der Waals surface area contributed by atoms with Crippen molar-refractivity contribution in [3.63, 3.8) is 0 Å². The lowest BCUT2D eigenvalue weighted by Gasteiger charge is -1.99. The highest BCUT2D eigenvalue weighted by molar-refractivity contribution is 5.16. The molecular weight excluding hydrogens is 150 g/mol. The number of aromatic amines is 1. The quantitative estimate of drug-likeness (QED) is 0.719. The Morgan fingerprint density at radius 2 is 2.25 bits per heavy atom. The molecule has 1 rings (SSSR count). The Balaban J connectivity index is 2.85. The van der Waals surface area contributed by atoms with Gasteiger partial charge in [-0.1, -0.05) is 6.92 Å². The monoisotopic (exact) mass is 167 g/mol. The van der Waals surface area contributed by atoms with Crippen LogP contribution in [0.25, 0.3) is 0 Å². The van der Waals surface area contributed by atoms with Crippen LogP contribution in [0.1, 0.15) is 43.5 Å². The molecule has 3 nitrogen and oxygen atoms in total. The van der Waals surface area contributed by atoms with Gasteiger partial charge in [-0.05, 0) is 20.3 Å². The Bertz CT molecular complexity index is 250. The average Bonchev–Trinajstić information content (AvgIpc) is 2.32. The number of nitrogens with zero attached hydrogens (tertiary/aromatic N) is 1. The summed E-state index contributed by atoms with van der Waals surface area (Å²) >= 11 is 0. The molecule has 0 aliphatic heterocycles. The predicted molar refractivity (Wildman–Crippen MR) is 49.9 cm³/mol. The van der Waals surface area contributed by atoms with Gasteiger partial charge < -0.3 is 10.7 Å². The van der Waals surface area contributed by atoms with Gasteiger partial charge in [0, 0.05) is 18.2 Å². The van der Waals surface area contributed by atoms with E-state index >= 15 is 0 Å². The second-order valence-corrected chi connectivity index (χ2v) is 3.23. The largest absolute Gasteiger partial charge is 0.346 e. The molecule has 0 saturated carbocycles. The molecule has 1 aromatic heterocycles. The van der Waals surface area contributed by atoms with Gasteiger partial charge in [0.15, 0.2) is 0 Å². The van der Waals surface area contributed by atoms with Crippen molar-refractivity contribution in [3.8, 4) is 0 Å². The SMILES string of the molecule is CCCc1nc(C(C)N)c(C)[nH]1. The van der Waals surface area contributed by atoms with E-state index in [1.54, 1.807) is 0 Å². The summed E-state index contributed by atoms with van der Waals surface area (Å²) in [5.74, 6) is 1.06. The molecule has 0 aromatic carbocycles. The van der Waals surface area contributed by atoms with Crippen LogP contribution in [-0.4, -0.2) is 9.97 Å². The first-order valence-electron chi connectivity index (χ1n) is 4.46. The molecule has 1 atom stereocenters. The molecule has 68 valence electrons. The minimum Gasteiger partial charge on any atom is -0.346 e. The van der Waals surface area contributed by atoms with Gasteiger partial charge >= 0.3 is 0 Å². The van der Waals surface area contributed by atoms with Gasteiger partial charge in [0.05, 0.1) is 5.69 Å². The molecule has 0 fully saturated rings. The number of aryl methyl sites for hydroxylation is 2. The van der Waals surface area contributed by atoms with Crippen molar-refractivity contribution in [2.75, 3.05) is 0 Å². The van der Waals surface area contributed by atoms with Gasteiger partial charge in [-0.3, -0.25) is 0 Å². The molecule has 0 amide bonds. The van der Waals surface area contributed by atoms with Gasteiger partial charge in [0.1, 0.15) is 5.82 Å². The van der Waals surface area contributed by atoms with Crippen LogP contribution in [0.2, 0.25) is 0 Å². The van der Waals surface area contributed by atoms with Crippen LogP contribution in [0.15, 0.2) is 0 Å². The van der Waals surface area contributed by atoms with E-state index in [1.807, 2.05) is 13.8 Å². The number of aromatic nitrogens is 2. The zero-order chi connectivity index (χ0) is 9.14. The number of hydrogen-bond donors (Lipinski definition) is 2. The highest BCUT2D eigenvalue weighted by atomic mass is 15.0. The topological polar surface area (TPSA) is 54.7 Å². The molecule has 0 aliphatic carbocycles. The van der Waals surface area contributed by atoms with Gasteiger partial charge in [0.25, 0.3) is 0 Å². The molecule has 12 heavy (non-hydrogen) atoms. The summed E-state index contributed by atoms with van der Waals surface area (Å²) in [5, 5.41) is 0. The number of H-pyrrole nitrogens is 1. The minimum atomic E-state index is 0.0341. The smallest absolute Gasteiger partial charge is 0.106 e. The second kappa shape index (κ2) is 3.72. The number of hydrogen-bond acceptors (Lipinski definition) is 2. The van der Waals surface area contributed by atoms with E-state index in [9.17, 15) is 0 Å². The summed E-state index contributed by atoms with van der Waals surface area (Å²) < 4.78 is 0. The van der Waals surface area contributed by atoms with E-state index in [4.69, 9.17) is 5.73 Å². The normalized spacial score (nSPS) is 13.3. The molecule has 0 aliphatic rings. The molecule has 0 bridgehead atoms. The van der Waals surface area contributed by atoms with Crippen molar-refractivity contribution in [3.05, 3.63) is 17.2 Å². The van der Waals surface area contributed by atoms with Crippen LogP contribution < -0.4 is 5.73 Å². The summed E-state index contributed by atoms with van der Waals surface area (Å²) in [7, 11) is 0. The van der Waals surface area contributed by atoms with E-state index in [0.29, 0.717) is 0 Å². The maximum Gasteiger partial charge on any atom is 0.106 e. The summed E-state index contributed by atoms with van der Waals surface area (Å²) in [4.78, 5) is 7.65. The maximum absolute atomic E-state index is 5.74. The lowest BCUT2D eigenvalue weighted by Crippen LogP contribution is -2.06. The molecule has 0 saturated heterocycles. The van der Waals surface area contributed by atoms with E-state index < -0.39 is 0 Å². The Labute approximate surface area is 73.4 Å². The third-order valence-electron chi connectivity index (χ3n) is 1.89. The Hall–Kier alpha value is -0.830. The van der Waals surface area contributed by atoms with Crippen LogP contribution in [0.4, 0.5) is 0 Å². The second-order valence-electron chi connectivity index (χ2n) is 3.23. The molecule has 1 heterocycles. The van der Waals surface area contributed by atoms with E-state index in [-0.39, 0.29) is 6.04 Å². The van der Waals surface area contributed by atoms with Crippen LogP contribution in [0.5, 0.6) is 0 Å². The van der Waals surface area contributed by atoms with E-state index in [0.717, 1.165) is 30.1 Å². The number of nitrogens with two attached hydrogens (primary N) is 1. The fourth-order valence-electron chi connectivity index (χ4n) is 1.34. The van der Waals surface area contributed by atoms with Crippen molar-refractivity contribution in [2.45, 2.75) is 39.7 Å². The van der Waals surface area contributed by atoms with Gasteiger partial charge in [-0.15, -0.1) is 0 Å². The molecule has 3 N–H and O–H groups in total. The fraction of sp³-hybridized carbons (Fsp3) is 0.667. The molecule has 0 spiro atoms. The Morgan fingerprint density at radius 3 is 2.67 bits per heavy atom. The van der Waals surface area contributed by atoms with Crippen LogP contribution in [0.3, 0.4) is 0 Å². The number of rotatable bonds is 3. The molecule has 1 aromatic rings. The standard InChI is InChI=1S/C9H17N3/c1-4-5-8-11-7(3)9(12-8)6(2)10/h6H,4-5,10H2,1-3H3,(H,11,12). The van der Waals surface area contributed by atoms with Crippen molar-refractivity contribution in [1.29, 1.82) is 0 Å². The van der Waals surface area contributed by atoms with Gasteiger partial charge in [-0.25, -0.2) is 4.98 Å². The molecule has 3 heteroatoms. The highest BCUT2D eigenvalue weighted by Crippen LogP contribution is 2.12. The minimum absolute atomic E-state index is 0.0341. The zero-order valence-electron chi connectivity index (χ0n) is 8.02. The van der Waals surface area contributed by atoms with Crippen molar-refractivity contribution < 1.29 is 0 Å². The third kappa shape index (κ3) is 1.85. The maximum atomic E-state index is 5.74. The number of imidazole rings is 1. The summed E-state index contributed by atoms with van der Waals surface area (Å²) in [5.41, 5.74) is 7.85. The lowest BCUT2D eigenvalue weighted by molar-refractivity contribution is 0.770.